The number of hydrogen-bond acceptors (Lipinski definition) is 3. The van der Waals surface area contributed by atoms with Crippen molar-refractivity contribution < 1.29 is 14.6 Å². The molecule has 0 radical (unpaired) electrons. The molecular weight excluding hydrogens is 344 g/mol. The van der Waals surface area contributed by atoms with Crippen molar-refractivity contribution >= 4 is 28.6 Å². The number of rotatable bonds is 6. The van der Waals surface area contributed by atoms with Gasteiger partial charge >= 0.3 is 0 Å². The van der Waals surface area contributed by atoms with Crippen LogP contribution in [0.2, 0.25) is 0 Å². The van der Waals surface area contributed by atoms with E-state index in [1.807, 2.05) is 56.6 Å². The molecule has 0 unspecified atom stereocenters. The van der Waals surface area contributed by atoms with Crippen molar-refractivity contribution in [1.29, 1.82) is 0 Å². The summed E-state index contributed by atoms with van der Waals surface area (Å²) in [7, 11) is 4.03. The minimum absolute atomic E-state index is 0.0215. The number of amides is 1. The van der Waals surface area contributed by atoms with E-state index in [4.69, 9.17) is 0 Å². The summed E-state index contributed by atoms with van der Waals surface area (Å²) >= 11 is 1.84. The molecule has 2 heterocycles. The molecule has 1 aliphatic rings. The number of anilines is 2. The normalized spacial score (nSPS) is 21.2. The molecule has 1 amide bonds. The summed E-state index contributed by atoms with van der Waals surface area (Å²) in [6.45, 7) is 7.52. The molecule has 2 aromatic rings. The highest BCUT2D eigenvalue weighted by atomic mass is 32.1. The van der Waals surface area contributed by atoms with Gasteiger partial charge in [0.2, 0.25) is 0 Å². The second-order valence-corrected chi connectivity index (χ2v) is 8.35. The molecule has 1 atom stereocenters. The van der Waals surface area contributed by atoms with Gasteiger partial charge in [-0.2, -0.15) is 0 Å². The molecule has 140 valence electrons. The molecule has 0 saturated carbocycles. The molecule has 1 aliphatic heterocycles. The first-order valence-electron chi connectivity index (χ1n) is 9.31. The lowest BCUT2D eigenvalue weighted by Gasteiger charge is -2.32. The summed E-state index contributed by atoms with van der Waals surface area (Å²) < 4.78 is 0. The predicted molar refractivity (Wildman–Crippen MR) is 108 cm³/mol. The summed E-state index contributed by atoms with van der Waals surface area (Å²) in [4.78, 5) is 19.1. The van der Waals surface area contributed by atoms with E-state index in [1.54, 1.807) is 4.90 Å². The van der Waals surface area contributed by atoms with Crippen molar-refractivity contribution in [1.82, 2.24) is 0 Å². The third-order valence-corrected chi connectivity index (χ3v) is 6.14. The maximum atomic E-state index is 12.6. The molecule has 0 bridgehead atoms. The smallest absolute Gasteiger partial charge is 0.282 e. The fourth-order valence-corrected chi connectivity index (χ4v) is 4.25. The Labute approximate surface area is 160 Å². The fraction of sp³-hybridized carbons (Fsp3) is 0.450. The van der Waals surface area contributed by atoms with Gasteiger partial charge in [-0.05, 0) is 42.6 Å². The van der Waals surface area contributed by atoms with Gasteiger partial charge in [0.25, 0.3) is 5.91 Å². The van der Waals surface area contributed by atoms with Gasteiger partial charge in [0.1, 0.15) is 32.7 Å². The Hall–Kier alpha value is -1.89. The molecule has 0 aliphatic carbocycles. The first-order valence-corrected chi connectivity index (χ1v) is 10.2. The maximum absolute atomic E-state index is 12.6. The van der Waals surface area contributed by atoms with Gasteiger partial charge < -0.3 is 20.0 Å². The Balaban J connectivity index is 1.48. The van der Waals surface area contributed by atoms with Crippen LogP contribution in [-0.4, -0.2) is 52.2 Å². The van der Waals surface area contributed by atoms with Gasteiger partial charge in [-0.1, -0.05) is 6.07 Å². The van der Waals surface area contributed by atoms with Crippen LogP contribution >= 0.6 is 11.3 Å². The highest BCUT2D eigenvalue weighted by Gasteiger charge is 2.31. The van der Waals surface area contributed by atoms with Gasteiger partial charge in [0.05, 0.1) is 4.88 Å². The number of nitrogens with zero attached hydrogens (tertiary/aromatic N) is 1. The Morgan fingerprint density at radius 3 is 2.42 bits per heavy atom. The summed E-state index contributed by atoms with van der Waals surface area (Å²) in [5.41, 5.74) is 2.00. The lowest BCUT2D eigenvalue weighted by Crippen LogP contribution is -3.29. The molecule has 1 aromatic heterocycles. The summed E-state index contributed by atoms with van der Waals surface area (Å²) in [6, 6.07) is 12.3. The van der Waals surface area contributed by atoms with E-state index in [1.165, 1.54) is 9.78 Å². The van der Waals surface area contributed by atoms with Gasteiger partial charge in [-0.25, -0.2) is 0 Å². The molecule has 1 fully saturated rings. The molecule has 26 heavy (non-hydrogen) atoms. The number of nitrogens with one attached hydrogen (secondary N) is 3. The third kappa shape index (κ3) is 4.84. The largest absolute Gasteiger partial charge is 0.378 e. The second kappa shape index (κ2) is 8.66. The molecule has 1 saturated heterocycles. The molecule has 1 aromatic carbocycles. The van der Waals surface area contributed by atoms with Crippen LogP contribution in [0.15, 0.2) is 41.8 Å². The first kappa shape index (κ1) is 18.9. The van der Waals surface area contributed by atoms with Crippen LogP contribution in [0, 0.1) is 0 Å². The lowest BCUT2D eigenvalue weighted by molar-refractivity contribution is -1.02. The number of quaternary nitrogens is 2. The van der Waals surface area contributed by atoms with Crippen molar-refractivity contribution in [2.45, 2.75) is 19.5 Å². The molecular formula is C20H30N4OS+2. The van der Waals surface area contributed by atoms with E-state index in [0.29, 0.717) is 0 Å². The number of hydrogen-bond donors (Lipinski definition) is 3. The van der Waals surface area contributed by atoms with Crippen molar-refractivity contribution in [2.75, 3.05) is 50.5 Å². The molecule has 0 spiro atoms. The average Bonchev–Trinajstić information content (AvgIpc) is 3.15. The van der Waals surface area contributed by atoms with Crippen molar-refractivity contribution in [3.05, 3.63) is 46.7 Å². The monoisotopic (exact) mass is 374 g/mol. The average molecular weight is 375 g/mol. The highest BCUT2D eigenvalue weighted by molar-refractivity contribution is 7.09. The van der Waals surface area contributed by atoms with Crippen LogP contribution in [0.1, 0.15) is 11.8 Å². The zero-order chi connectivity index (χ0) is 18.5. The summed E-state index contributed by atoms with van der Waals surface area (Å²) in [5.74, 6) is 0.110. The fourth-order valence-electron chi connectivity index (χ4n) is 3.47. The van der Waals surface area contributed by atoms with Crippen LogP contribution in [0.4, 0.5) is 11.4 Å². The van der Waals surface area contributed by atoms with E-state index in [9.17, 15) is 4.79 Å². The van der Waals surface area contributed by atoms with Crippen LogP contribution in [0.25, 0.3) is 0 Å². The number of carbonyl (C=O) groups is 1. The van der Waals surface area contributed by atoms with Crippen molar-refractivity contribution in [3.8, 4) is 0 Å². The van der Waals surface area contributed by atoms with E-state index >= 15 is 0 Å². The van der Waals surface area contributed by atoms with E-state index in [2.05, 4.69) is 27.7 Å². The van der Waals surface area contributed by atoms with Crippen LogP contribution in [0.3, 0.4) is 0 Å². The predicted octanol–water partition coefficient (Wildman–Crippen LogP) is 0.125. The quantitative estimate of drug-likeness (QED) is 0.673. The SMILES string of the molecule is C[C@H](C(=O)Nc1ccc(N(C)C)cc1)[NH+]1CC[NH+](Cc2cccs2)CC1. The summed E-state index contributed by atoms with van der Waals surface area (Å²) in [5, 5.41) is 5.22. The highest BCUT2D eigenvalue weighted by Crippen LogP contribution is 2.15. The van der Waals surface area contributed by atoms with Crippen LogP contribution in [0.5, 0.6) is 0 Å². The zero-order valence-electron chi connectivity index (χ0n) is 15.9. The topological polar surface area (TPSA) is 41.2 Å². The number of piperazine rings is 1. The van der Waals surface area contributed by atoms with Gasteiger partial charge in [-0.15, -0.1) is 11.3 Å². The first-order chi connectivity index (χ1) is 12.5. The number of thiophene rings is 1. The third-order valence-electron chi connectivity index (χ3n) is 5.26. The Kier molecular flexibility index (Phi) is 6.29. The Morgan fingerprint density at radius 1 is 1.15 bits per heavy atom. The van der Waals surface area contributed by atoms with Gasteiger partial charge in [0, 0.05) is 25.5 Å². The maximum Gasteiger partial charge on any atom is 0.282 e. The minimum atomic E-state index is -0.0215. The van der Waals surface area contributed by atoms with E-state index in [-0.39, 0.29) is 11.9 Å². The van der Waals surface area contributed by atoms with Crippen LogP contribution in [-0.2, 0) is 11.3 Å². The zero-order valence-corrected chi connectivity index (χ0v) is 16.7. The molecule has 6 heteroatoms. The molecule has 5 nitrogen and oxygen atoms in total. The lowest BCUT2D eigenvalue weighted by atomic mass is 10.2. The Bertz CT molecular complexity index is 691. The van der Waals surface area contributed by atoms with Gasteiger partial charge in [-0.3, -0.25) is 4.79 Å². The summed E-state index contributed by atoms with van der Waals surface area (Å²) in [6.07, 6.45) is 0. The van der Waals surface area contributed by atoms with Crippen LogP contribution < -0.4 is 20.0 Å². The Morgan fingerprint density at radius 2 is 1.85 bits per heavy atom. The second-order valence-electron chi connectivity index (χ2n) is 7.32. The molecule has 3 rings (SSSR count). The number of carbonyl (C=O) groups excluding carboxylic acids is 1. The standard InChI is InChI=1S/C20H28N4OS/c1-16(20(25)21-17-6-8-18(9-7-17)22(2)3)24-12-10-23(11-13-24)15-19-5-4-14-26-19/h4-9,14,16H,10-13,15H2,1-3H3,(H,21,25)/p+2/t16-/m1/s1. The number of benzene rings is 1. The van der Waals surface area contributed by atoms with E-state index in [0.717, 1.165) is 44.1 Å². The van der Waals surface area contributed by atoms with Crippen molar-refractivity contribution in [3.63, 3.8) is 0 Å². The van der Waals surface area contributed by atoms with E-state index < -0.39 is 0 Å². The molecule has 3 N–H and O–H groups in total. The minimum Gasteiger partial charge on any atom is -0.378 e. The van der Waals surface area contributed by atoms with Crippen molar-refractivity contribution in [2.24, 2.45) is 0 Å². The van der Waals surface area contributed by atoms with Gasteiger partial charge in [0.15, 0.2) is 6.04 Å².